The van der Waals surface area contributed by atoms with Crippen LogP contribution in [0.4, 0.5) is 0 Å². The zero-order chi connectivity index (χ0) is 5.54. The van der Waals surface area contributed by atoms with Crippen LogP contribution in [0.5, 0.6) is 0 Å². The summed E-state index contributed by atoms with van der Waals surface area (Å²) in [6.07, 6.45) is 10.0. The Morgan fingerprint density at radius 3 is 2.25 bits per heavy atom. The molecule has 0 heterocycles. The van der Waals surface area contributed by atoms with Gasteiger partial charge in [-0.05, 0) is 0 Å². The van der Waals surface area contributed by atoms with Crippen LogP contribution in [-0.2, 0) is 17.1 Å². The second-order valence-corrected chi connectivity index (χ2v) is 1.00. The quantitative estimate of drug-likeness (QED) is 0.365. The topological polar surface area (TPSA) is 0 Å². The Kier molecular flexibility index (Phi) is 13.7. The molecule has 0 aliphatic heterocycles. The first-order chi connectivity index (χ1) is 3.50. The standard InChI is InChI=1S/C5H5.C2H5.Mn/c1-2-4-5-3-1;1-2;/h1-3H,4H2;1H2,2H3;/q2*-1;+2. The van der Waals surface area contributed by atoms with Gasteiger partial charge in [0.1, 0.15) is 0 Å². The molecule has 8 heavy (non-hydrogen) atoms. The van der Waals surface area contributed by atoms with Crippen LogP contribution >= 0.6 is 0 Å². The molecule has 0 nitrogen and oxygen atoms in total. The Morgan fingerprint density at radius 1 is 1.50 bits per heavy atom. The fourth-order valence-electron chi connectivity index (χ4n) is 0.340. The van der Waals surface area contributed by atoms with E-state index in [1.54, 1.807) is 6.92 Å². The van der Waals surface area contributed by atoms with Crippen LogP contribution in [0.1, 0.15) is 13.3 Å². The van der Waals surface area contributed by atoms with Crippen molar-refractivity contribution in [1.29, 1.82) is 0 Å². The predicted molar refractivity (Wildman–Crippen MR) is 32.6 cm³/mol. The summed E-state index contributed by atoms with van der Waals surface area (Å²) < 4.78 is 0. The van der Waals surface area contributed by atoms with Gasteiger partial charge in [0, 0.05) is 0 Å². The van der Waals surface area contributed by atoms with Crippen LogP contribution in [0.15, 0.2) is 18.2 Å². The third kappa shape index (κ3) is 6.00. The van der Waals surface area contributed by atoms with Crippen molar-refractivity contribution in [2.75, 3.05) is 0 Å². The van der Waals surface area contributed by atoms with E-state index in [-0.39, 0.29) is 17.1 Å². The monoisotopic (exact) mass is 149 g/mol. The Hall–Kier alpha value is -0.000519. The van der Waals surface area contributed by atoms with Crippen LogP contribution in [-0.4, -0.2) is 0 Å². The smallest absolute Gasteiger partial charge is 0.346 e. The maximum absolute atomic E-state index is 3.25. The van der Waals surface area contributed by atoms with Gasteiger partial charge in [0.2, 0.25) is 0 Å². The van der Waals surface area contributed by atoms with Crippen LogP contribution in [0.3, 0.4) is 0 Å². The molecule has 0 saturated heterocycles. The summed E-state index contributed by atoms with van der Waals surface area (Å²) in [5, 5.41) is 0. The average Bonchev–Trinajstić information content (AvgIpc) is 2.23. The minimum atomic E-state index is 0. The summed E-state index contributed by atoms with van der Waals surface area (Å²) in [7, 11) is 0. The summed E-state index contributed by atoms with van der Waals surface area (Å²) in [6.45, 7) is 5.00. The van der Waals surface area contributed by atoms with Crippen LogP contribution in [0.2, 0.25) is 0 Å². The first kappa shape index (κ1) is 10.9. The summed E-state index contributed by atoms with van der Waals surface area (Å²) >= 11 is 0. The minimum Gasteiger partial charge on any atom is -0.346 e. The molecule has 0 amide bonds. The third-order valence-electron chi connectivity index (χ3n) is 0.586. The molecule has 45 valence electrons. The average molecular weight is 149 g/mol. The Morgan fingerprint density at radius 2 is 2.12 bits per heavy atom. The van der Waals surface area contributed by atoms with E-state index in [0.717, 1.165) is 6.42 Å². The number of hydrogen-bond acceptors (Lipinski definition) is 0. The zero-order valence-corrected chi connectivity index (χ0v) is 6.20. The summed E-state index contributed by atoms with van der Waals surface area (Å²) in [5.41, 5.74) is 0. The van der Waals surface area contributed by atoms with E-state index in [9.17, 15) is 0 Å². The number of rotatable bonds is 0. The first-order valence-electron chi connectivity index (χ1n) is 2.42. The van der Waals surface area contributed by atoms with Gasteiger partial charge in [-0.15, -0.1) is 6.42 Å². The van der Waals surface area contributed by atoms with Crippen molar-refractivity contribution in [3.63, 3.8) is 0 Å². The van der Waals surface area contributed by atoms with Gasteiger partial charge in [0.25, 0.3) is 0 Å². The molecule has 0 unspecified atom stereocenters. The molecular weight excluding hydrogens is 139 g/mol. The number of allylic oxidation sites excluding steroid dienone is 4. The van der Waals surface area contributed by atoms with E-state index >= 15 is 0 Å². The van der Waals surface area contributed by atoms with Gasteiger partial charge in [-0.1, -0.05) is 0 Å². The van der Waals surface area contributed by atoms with Crippen LogP contribution < -0.4 is 0 Å². The van der Waals surface area contributed by atoms with Crippen molar-refractivity contribution in [3.8, 4) is 0 Å². The molecule has 0 aromatic heterocycles. The van der Waals surface area contributed by atoms with Crippen LogP contribution in [0.25, 0.3) is 0 Å². The zero-order valence-electron chi connectivity index (χ0n) is 5.02. The molecule has 1 heteroatoms. The molecular formula is C7H10Mn. The van der Waals surface area contributed by atoms with E-state index in [1.165, 1.54) is 0 Å². The Bertz CT molecular complexity index is 62.5. The second kappa shape index (κ2) is 10.1. The molecule has 1 rings (SSSR count). The van der Waals surface area contributed by atoms with Crippen molar-refractivity contribution in [2.24, 2.45) is 0 Å². The van der Waals surface area contributed by atoms with Gasteiger partial charge in [0.05, 0.1) is 0 Å². The van der Waals surface area contributed by atoms with Crippen LogP contribution in [0, 0.1) is 13.0 Å². The van der Waals surface area contributed by atoms with E-state index in [2.05, 4.69) is 19.1 Å². The van der Waals surface area contributed by atoms with Gasteiger partial charge in [-0.3, -0.25) is 6.08 Å². The third-order valence-corrected chi connectivity index (χ3v) is 0.586. The Balaban J connectivity index is 0. The molecule has 1 aliphatic carbocycles. The maximum Gasteiger partial charge on any atom is 2.00 e. The van der Waals surface area contributed by atoms with E-state index in [1.807, 2.05) is 12.2 Å². The number of hydrogen-bond donors (Lipinski definition) is 0. The first-order valence-corrected chi connectivity index (χ1v) is 2.42. The molecule has 0 aromatic rings. The van der Waals surface area contributed by atoms with E-state index < -0.39 is 0 Å². The molecule has 0 atom stereocenters. The van der Waals surface area contributed by atoms with E-state index in [0.29, 0.717) is 0 Å². The summed E-state index contributed by atoms with van der Waals surface area (Å²) in [5.74, 6) is 0. The molecule has 1 radical (unpaired) electrons. The van der Waals surface area contributed by atoms with Crippen molar-refractivity contribution >= 4 is 0 Å². The van der Waals surface area contributed by atoms with E-state index in [4.69, 9.17) is 0 Å². The van der Waals surface area contributed by atoms with Gasteiger partial charge in [-0.25, -0.2) is 12.2 Å². The fraction of sp³-hybridized carbons (Fsp3) is 0.286. The predicted octanol–water partition coefficient (Wildman–Crippen LogP) is 2.14. The molecule has 0 spiro atoms. The summed E-state index contributed by atoms with van der Waals surface area (Å²) in [6, 6.07) is 0. The molecule has 0 fully saturated rings. The van der Waals surface area contributed by atoms with Gasteiger partial charge >= 0.3 is 17.1 Å². The SMILES string of the molecule is [C-]1=CC=CC1.[CH2-]C.[Mn+2]. The van der Waals surface area contributed by atoms with Gasteiger partial charge in [0.15, 0.2) is 0 Å². The summed E-state index contributed by atoms with van der Waals surface area (Å²) in [4.78, 5) is 0. The molecule has 0 saturated carbocycles. The minimum absolute atomic E-state index is 0. The largest absolute Gasteiger partial charge is 2.00 e. The van der Waals surface area contributed by atoms with Crippen molar-refractivity contribution in [3.05, 3.63) is 31.2 Å². The molecule has 0 bridgehead atoms. The maximum atomic E-state index is 3.25. The molecule has 1 aliphatic rings. The molecule has 0 aromatic carbocycles. The van der Waals surface area contributed by atoms with Crippen molar-refractivity contribution < 1.29 is 17.1 Å². The van der Waals surface area contributed by atoms with Crippen molar-refractivity contribution in [1.82, 2.24) is 0 Å². The Labute approximate surface area is 62.1 Å². The van der Waals surface area contributed by atoms with Gasteiger partial charge < -0.3 is 6.92 Å². The van der Waals surface area contributed by atoms with Gasteiger partial charge in [-0.2, -0.15) is 13.0 Å². The second-order valence-electron chi connectivity index (χ2n) is 1.00. The normalized spacial score (nSPS) is 11.8. The van der Waals surface area contributed by atoms with Crippen molar-refractivity contribution in [2.45, 2.75) is 13.3 Å². The molecule has 0 N–H and O–H groups in total. The fourth-order valence-corrected chi connectivity index (χ4v) is 0.340.